The van der Waals surface area contributed by atoms with E-state index in [1.807, 2.05) is 0 Å². The zero-order valence-corrected chi connectivity index (χ0v) is 19.3. The number of fused-ring (bicyclic) bond motifs is 2. The van der Waals surface area contributed by atoms with E-state index in [1.54, 1.807) is 36.4 Å². The first-order valence-electron chi connectivity index (χ1n) is 10.0. The number of rotatable bonds is 4. The minimum Gasteiger partial charge on any atom is -0.494 e. The van der Waals surface area contributed by atoms with Crippen molar-refractivity contribution in [3.05, 3.63) is 88.5 Å². The fourth-order valence-electron chi connectivity index (χ4n) is 3.64. The van der Waals surface area contributed by atoms with Gasteiger partial charge in [0.15, 0.2) is 9.84 Å². The van der Waals surface area contributed by atoms with Crippen LogP contribution in [0.5, 0.6) is 5.88 Å². The Morgan fingerprint density at radius 2 is 1.76 bits per heavy atom. The van der Waals surface area contributed by atoms with Gasteiger partial charge in [-0.25, -0.2) is 27.4 Å². The van der Waals surface area contributed by atoms with Crippen molar-refractivity contribution in [3.8, 4) is 11.6 Å². The van der Waals surface area contributed by atoms with Crippen molar-refractivity contribution in [1.82, 2.24) is 9.55 Å². The van der Waals surface area contributed by atoms with E-state index < -0.39 is 27.1 Å². The van der Waals surface area contributed by atoms with Gasteiger partial charge in [0.05, 0.1) is 26.4 Å². The number of hydrogen-bond donors (Lipinski definition) is 1. The van der Waals surface area contributed by atoms with Gasteiger partial charge in [0.1, 0.15) is 5.82 Å². The van der Waals surface area contributed by atoms with Crippen LogP contribution in [0.2, 0.25) is 0 Å². The SMILES string of the molecule is CS(=O)(=O)c1ccc2nc(/N=C/c3c(O)n(-c4ccccc4F)c(=O)c4ccccc34)sc2c1. The maximum atomic E-state index is 14.5. The topological polar surface area (TPSA) is 102 Å². The highest BCUT2D eigenvalue weighted by atomic mass is 32.2. The number of aromatic hydroxyl groups is 1. The van der Waals surface area contributed by atoms with E-state index in [1.165, 1.54) is 47.9 Å². The summed E-state index contributed by atoms with van der Waals surface area (Å²) in [5.74, 6) is -1.12. The zero-order valence-electron chi connectivity index (χ0n) is 17.6. The lowest BCUT2D eigenvalue weighted by Crippen LogP contribution is -2.21. The molecule has 3 aromatic carbocycles. The largest absolute Gasteiger partial charge is 0.494 e. The van der Waals surface area contributed by atoms with E-state index in [0.717, 1.165) is 10.8 Å². The summed E-state index contributed by atoms with van der Waals surface area (Å²) in [7, 11) is -3.36. The van der Waals surface area contributed by atoms with Gasteiger partial charge in [-0.3, -0.25) is 4.79 Å². The molecule has 5 rings (SSSR count). The first kappa shape index (κ1) is 21.9. The molecule has 10 heteroatoms. The Morgan fingerprint density at radius 1 is 1.06 bits per heavy atom. The van der Waals surface area contributed by atoms with Crippen molar-refractivity contribution in [3.63, 3.8) is 0 Å². The average molecular weight is 494 g/mol. The van der Waals surface area contributed by atoms with Gasteiger partial charge in [-0.15, -0.1) is 0 Å². The Bertz CT molecular complexity index is 1790. The van der Waals surface area contributed by atoms with Crippen LogP contribution >= 0.6 is 11.3 Å². The molecule has 34 heavy (non-hydrogen) atoms. The Morgan fingerprint density at radius 3 is 2.50 bits per heavy atom. The van der Waals surface area contributed by atoms with Gasteiger partial charge in [0.25, 0.3) is 5.56 Å². The van der Waals surface area contributed by atoms with Crippen LogP contribution in [0.4, 0.5) is 9.52 Å². The Balaban J connectivity index is 1.69. The highest BCUT2D eigenvalue weighted by Gasteiger charge is 2.18. The third-order valence-corrected chi connectivity index (χ3v) is 7.31. The van der Waals surface area contributed by atoms with Crippen molar-refractivity contribution in [2.24, 2.45) is 4.99 Å². The van der Waals surface area contributed by atoms with Crippen molar-refractivity contribution in [1.29, 1.82) is 0 Å². The summed E-state index contributed by atoms with van der Waals surface area (Å²) in [6.07, 6.45) is 2.50. The van der Waals surface area contributed by atoms with Crippen LogP contribution in [-0.4, -0.2) is 35.5 Å². The number of aromatic nitrogens is 2. The zero-order chi connectivity index (χ0) is 24.0. The quantitative estimate of drug-likeness (QED) is 0.369. The summed E-state index contributed by atoms with van der Waals surface area (Å²) in [4.78, 5) is 22.0. The molecular weight excluding hydrogens is 477 g/mol. The predicted octanol–water partition coefficient (Wildman–Crippen LogP) is 4.60. The number of hydrogen-bond acceptors (Lipinski definition) is 7. The minimum absolute atomic E-state index is 0.0845. The van der Waals surface area contributed by atoms with Gasteiger partial charge in [-0.2, -0.15) is 0 Å². The van der Waals surface area contributed by atoms with Crippen LogP contribution in [0.15, 0.2) is 81.4 Å². The first-order valence-corrected chi connectivity index (χ1v) is 12.7. The van der Waals surface area contributed by atoms with E-state index in [9.17, 15) is 22.7 Å². The van der Waals surface area contributed by atoms with E-state index in [-0.39, 0.29) is 21.5 Å². The molecule has 2 aromatic heterocycles. The van der Waals surface area contributed by atoms with E-state index >= 15 is 0 Å². The molecular formula is C24H16FN3O4S2. The first-order chi connectivity index (χ1) is 16.2. The molecule has 0 fully saturated rings. The molecule has 2 heterocycles. The minimum atomic E-state index is -3.36. The molecule has 0 amide bonds. The second-order valence-corrected chi connectivity index (χ2v) is 10.6. The summed E-state index contributed by atoms with van der Waals surface area (Å²) < 4.78 is 39.7. The number of thiazole rings is 1. The number of nitrogens with zero attached hydrogens (tertiary/aromatic N) is 3. The lowest BCUT2D eigenvalue weighted by molar-refractivity contribution is 0.433. The van der Waals surface area contributed by atoms with Crippen LogP contribution < -0.4 is 5.56 Å². The molecule has 0 bridgehead atoms. The molecule has 0 saturated carbocycles. The van der Waals surface area contributed by atoms with Gasteiger partial charge in [0, 0.05) is 23.2 Å². The van der Waals surface area contributed by atoms with Crippen molar-refractivity contribution >= 4 is 53.5 Å². The van der Waals surface area contributed by atoms with E-state index in [4.69, 9.17) is 0 Å². The molecule has 170 valence electrons. The van der Waals surface area contributed by atoms with Gasteiger partial charge >= 0.3 is 0 Å². The number of halogens is 1. The molecule has 0 aliphatic carbocycles. The van der Waals surface area contributed by atoms with Gasteiger partial charge in [0.2, 0.25) is 11.0 Å². The number of benzene rings is 3. The van der Waals surface area contributed by atoms with E-state index in [2.05, 4.69) is 9.98 Å². The molecule has 0 saturated heterocycles. The number of aliphatic imine (C=N–C) groups is 1. The predicted molar refractivity (Wildman–Crippen MR) is 131 cm³/mol. The maximum absolute atomic E-state index is 14.5. The number of para-hydroxylation sites is 1. The molecule has 0 aliphatic heterocycles. The maximum Gasteiger partial charge on any atom is 0.265 e. The van der Waals surface area contributed by atoms with Crippen LogP contribution in [0.3, 0.4) is 0 Å². The van der Waals surface area contributed by atoms with Gasteiger partial charge in [-0.1, -0.05) is 41.7 Å². The van der Waals surface area contributed by atoms with Gasteiger partial charge < -0.3 is 5.11 Å². The van der Waals surface area contributed by atoms with Crippen molar-refractivity contribution in [2.75, 3.05) is 6.26 Å². The molecule has 0 atom stereocenters. The summed E-state index contributed by atoms with van der Waals surface area (Å²) in [5.41, 5.74) is 0.145. The van der Waals surface area contributed by atoms with Gasteiger partial charge in [-0.05, 0) is 36.4 Å². The summed E-state index contributed by atoms with van der Waals surface area (Å²) in [5, 5.41) is 12.1. The standard InChI is InChI=1S/C24H16FN3O4S2/c1-34(31,32)14-10-11-19-21(12-14)33-24(27-19)26-13-17-15-6-2-3-7-16(15)22(29)28(23(17)30)20-9-5-4-8-18(20)25/h2-13,30H,1H3/b26-13+. The fraction of sp³-hybridized carbons (Fsp3) is 0.0417. The molecule has 7 nitrogen and oxygen atoms in total. The Kier molecular flexibility index (Phi) is 5.26. The van der Waals surface area contributed by atoms with Crippen molar-refractivity contribution < 1.29 is 17.9 Å². The summed E-state index contributed by atoms with van der Waals surface area (Å²) >= 11 is 1.18. The smallest absolute Gasteiger partial charge is 0.265 e. The molecule has 5 aromatic rings. The highest BCUT2D eigenvalue weighted by Crippen LogP contribution is 2.31. The molecule has 0 spiro atoms. The number of sulfone groups is 1. The lowest BCUT2D eigenvalue weighted by atomic mass is 10.1. The Labute approximate surface area is 197 Å². The third-order valence-electron chi connectivity index (χ3n) is 5.28. The Hall–Kier alpha value is -3.89. The molecule has 0 radical (unpaired) electrons. The normalized spacial score (nSPS) is 12.2. The fourth-order valence-corrected chi connectivity index (χ4v) is 5.22. The molecule has 0 unspecified atom stereocenters. The molecule has 1 N–H and O–H groups in total. The second-order valence-electron chi connectivity index (χ2n) is 7.53. The van der Waals surface area contributed by atoms with Crippen LogP contribution in [0.1, 0.15) is 5.56 Å². The number of pyridine rings is 1. The average Bonchev–Trinajstić information content (AvgIpc) is 3.22. The van der Waals surface area contributed by atoms with Crippen LogP contribution in [0.25, 0.3) is 26.7 Å². The lowest BCUT2D eigenvalue weighted by Gasteiger charge is -2.14. The monoisotopic (exact) mass is 493 g/mol. The molecule has 0 aliphatic rings. The van der Waals surface area contributed by atoms with Crippen LogP contribution in [-0.2, 0) is 9.84 Å². The summed E-state index contributed by atoms with van der Waals surface area (Å²) in [6, 6.07) is 16.9. The van der Waals surface area contributed by atoms with Crippen LogP contribution in [0, 0.1) is 5.82 Å². The van der Waals surface area contributed by atoms with E-state index in [0.29, 0.717) is 20.7 Å². The second kappa shape index (κ2) is 8.15. The summed E-state index contributed by atoms with van der Waals surface area (Å²) in [6.45, 7) is 0. The highest BCUT2D eigenvalue weighted by molar-refractivity contribution is 7.90. The van der Waals surface area contributed by atoms with Crippen molar-refractivity contribution in [2.45, 2.75) is 4.90 Å². The third kappa shape index (κ3) is 3.76.